The molecule has 0 atom stereocenters. The molecule has 0 bridgehead atoms. The fourth-order valence-electron chi connectivity index (χ4n) is 3.42. The van der Waals surface area contributed by atoms with Crippen LogP contribution in [-0.2, 0) is 24.2 Å². The van der Waals surface area contributed by atoms with Gasteiger partial charge in [-0.15, -0.1) is 0 Å². The molecule has 5 nitrogen and oxygen atoms in total. The minimum absolute atomic E-state index is 0.281. The summed E-state index contributed by atoms with van der Waals surface area (Å²) in [6, 6.07) is 6.52. The van der Waals surface area contributed by atoms with Crippen LogP contribution in [0.3, 0.4) is 0 Å². The number of ether oxygens (including phenoxy) is 1. The van der Waals surface area contributed by atoms with E-state index in [1.165, 1.54) is 27.7 Å². The predicted octanol–water partition coefficient (Wildman–Crippen LogP) is 4.03. The number of aromatic nitrogens is 1. The topological polar surface area (TPSA) is 46.5 Å². The van der Waals surface area contributed by atoms with Crippen molar-refractivity contribution in [3.8, 4) is 0 Å². The fraction of sp³-hybridized carbons (Fsp3) is 0.500. The van der Waals surface area contributed by atoms with Crippen LogP contribution in [0.2, 0.25) is 0 Å². The molecule has 2 heterocycles. The Labute approximate surface area is 168 Å². The van der Waals surface area contributed by atoms with E-state index >= 15 is 0 Å². The third-order valence-corrected chi connectivity index (χ3v) is 4.90. The van der Waals surface area contributed by atoms with Gasteiger partial charge >= 0.3 is 6.09 Å². The molecule has 1 aromatic heterocycles. The normalized spacial score (nSPS) is 15.1. The van der Waals surface area contributed by atoms with Gasteiger partial charge in [0, 0.05) is 49.2 Å². The molecule has 0 saturated heterocycles. The minimum Gasteiger partial charge on any atom is -0.445 e. The van der Waals surface area contributed by atoms with Crippen LogP contribution in [0.15, 0.2) is 18.2 Å². The van der Waals surface area contributed by atoms with E-state index in [2.05, 4.69) is 47.0 Å². The molecule has 3 rings (SSSR count). The number of carbonyl (C=O) groups excluding carboxylic acids is 1. The fourth-order valence-corrected chi connectivity index (χ4v) is 3.59. The Morgan fingerprint density at radius 2 is 2.12 bits per heavy atom. The zero-order valence-corrected chi connectivity index (χ0v) is 17.1. The lowest BCUT2D eigenvalue weighted by Gasteiger charge is -2.24. The molecule has 1 aliphatic rings. The molecule has 0 fully saturated rings. The van der Waals surface area contributed by atoms with Crippen LogP contribution < -0.4 is 5.32 Å². The molecule has 2 aromatic rings. The minimum atomic E-state index is -1.60. The number of fused-ring (bicyclic) bond motifs is 3. The molecule has 26 heavy (non-hydrogen) atoms. The molecule has 0 saturated carbocycles. The number of carbonyl (C=O) groups is 1. The van der Waals surface area contributed by atoms with Gasteiger partial charge in [0.25, 0.3) is 0 Å². The van der Waals surface area contributed by atoms with Crippen molar-refractivity contribution in [1.29, 1.82) is 0 Å². The van der Waals surface area contributed by atoms with Crippen LogP contribution in [0.5, 0.6) is 0 Å². The number of nitrogens with zero attached hydrogens (tertiary/aromatic N) is 2. The summed E-state index contributed by atoms with van der Waals surface area (Å²) in [5, 5.41) is 4.01. The van der Waals surface area contributed by atoms with Crippen LogP contribution in [0.25, 0.3) is 10.9 Å². The number of likely N-dealkylation sites (N-methyl/N-ethyl adjacent to an activating group) is 1. The van der Waals surface area contributed by atoms with E-state index in [-0.39, 0.29) is 6.61 Å². The van der Waals surface area contributed by atoms with Crippen LogP contribution in [0.4, 0.5) is 4.79 Å². The Balaban J connectivity index is 1.73. The van der Waals surface area contributed by atoms with E-state index in [1.807, 2.05) is 0 Å². The quantitative estimate of drug-likeness (QED) is 0.762. The second kappa shape index (κ2) is 7.85. The Kier molecular flexibility index (Phi) is 5.92. The Hall–Kier alpha value is -1.14. The average molecular weight is 419 g/mol. The zero-order valence-electron chi connectivity index (χ0n) is 14.8. The molecule has 0 radical (unpaired) electrons. The maximum absolute atomic E-state index is 11.7. The van der Waals surface area contributed by atoms with Crippen molar-refractivity contribution in [2.24, 2.45) is 0 Å². The van der Waals surface area contributed by atoms with Crippen molar-refractivity contribution in [2.75, 3.05) is 26.7 Å². The number of hydrogen-bond donors (Lipinski definition) is 1. The Morgan fingerprint density at radius 1 is 1.35 bits per heavy atom. The first-order chi connectivity index (χ1) is 12.2. The first-order valence-corrected chi connectivity index (χ1v) is 9.64. The van der Waals surface area contributed by atoms with Gasteiger partial charge < -0.3 is 19.5 Å². The summed E-state index contributed by atoms with van der Waals surface area (Å²) in [6.07, 6.45) is 0.411. The van der Waals surface area contributed by atoms with Gasteiger partial charge in [0.2, 0.25) is 3.79 Å². The molecule has 1 aromatic carbocycles. The summed E-state index contributed by atoms with van der Waals surface area (Å²) in [4.78, 5) is 14.1. The van der Waals surface area contributed by atoms with Gasteiger partial charge in [-0.2, -0.15) is 0 Å². The van der Waals surface area contributed by atoms with E-state index in [0.29, 0.717) is 13.1 Å². The van der Waals surface area contributed by atoms with Crippen molar-refractivity contribution in [1.82, 2.24) is 14.8 Å². The van der Waals surface area contributed by atoms with Gasteiger partial charge in [0.15, 0.2) is 0 Å². The van der Waals surface area contributed by atoms with E-state index in [4.69, 9.17) is 39.5 Å². The number of rotatable bonds is 4. The summed E-state index contributed by atoms with van der Waals surface area (Å²) in [7, 11) is 2.14. The largest absolute Gasteiger partial charge is 0.445 e. The third-order valence-electron chi connectivity index (χ3n) is 4.57. The highest BCUT2D eigenvalue weighted by Gasteiger charge is 2.23. The predicted molar refractivity (Wildman–Crippen MR) is 106 cm³/mol. The monoisotopic (exact) mass is 417 g/mol. The van der Waals surface area contributed by atoms with Crippen molar-refractivity contribution >= 4 is 51.8 Å². The molecule has 0 unspecified atom stereocenters. The number of aryl methyl sites for hydroxylation is 1. The second-order valence-electron chi connectivity index (χ2n) is 6.70. The van der Waals surface area contributed by atoms with Crippen LogP contribution in [0.1, 0.15) is 16.8 Å². The third kappa shape index (κ3) is 4.58. The van der Waals surface area contributed by atoms with Gasteiger partial charge in [0.05, 0.1) is 0 Å². The van der Waals surface area contributed by atoms with Gasteiger partial charge in [0.1, 0.15) is 6.61 Å². The Bertz CT molecular complexity index is 814. The summed E-state index contributed by atoms with van der Waals surface area (Å²) >= 11 is 16.7. The average Bonchev–Trinajstić information content (AvgIpc) is 2.85. The molecular formula is C18H22Cl3N3O2. The maximum Gasteiger partial charge on any atom is 0.407 e. The first-order valence-electron chi connectivity index (χ1n) is 8.51. The smallest absolute Gasteiger partial charge is 0.407 e. The molecule has 1 aliphatic heterocycles. The first kappa shape index (κ1) is 19.6. The number of halogens is 3. The lowest BCUT2D eigenvalue weighted by molar-refractivity contribution is 0.148. The molecule has 1 N–H and O–H groups in total. The summed E-state index contributed by atoms with van der Waals surface area (Å²) in [5.74, 6) is 0. The molecule has 0 spiro atoms. The van der Waals surface area contributed by atoms with Gasteiger partial charge in [-0.25, -0.2) is 4.79 Å². The lowest BCUT2D eigenvalue weighted by atomic mass is 10.0. The number of alkyl carbamates (subject to hydrolysis) is 1. The van der Waals surface area contributed by atoms with Gasteiger partial charge in [-0.1, -0.05) is 46.4 Å². The SMILES string of the molecule is Cc1ccc2c(c1)c1c(n2CCNC(=O)OCC(Cl)(Cl)Cl)CCN(C)C1. The highest BCUT2D eigenvalue weighted by molar-refractivity contribution is 6.67. The highest BCUT2D eigenvalue weighted by atomic mass is 35.6. The van der Waals surface area contributed by atoms with Crippen molar-refractivity contribution < 1.29 is 9.53 Å². The van der Waals surface area contributed by atoms with Crippen molar-refractivity contribution in [3.05, 3.63) is 35.0 Å². The molecule has 142 valence electrons. The van der Waals surface area contributed by atoms with E-state index in [0.717, 1.165) is 19.5 Å². The summed E-state index contributed by atoms with van der Waals surface area (Å²) < 4.78 is 5.59. The van der Waals surface area contributed by atoms with Crippen molar-refractivity contribution in [2.45, 2.75) is 30.2 Å². The standard InChI is InChI=1S/C18H22Cl3N3O2/c1-12-3-4-15-13(9-12)14-10-23(2)7-5-16(14)24(15)8-6-22-17(25)26-11-18(19,20)21/h3-4,9H,5-8,10-11H2,1-2H3,(H,22,25). The maximum atomic E-state index is 11.7. The number of alkyl halides is 3. The second-order valence-corrected chi connectivity index (χ2v) is 9.22. The summed E-state index contributed by atoms with van der Waals surface area (Å²) in [5.41, 5.74) is 5.18. The number of benzene rings is 1. The highest BCUT2D eigenvalue weighted by Crippen LogP contribution is 2.31. The zero-order chi connectivity index (χ0) is 18.9. The van der Waals surface area contributed by atoms with Crippen LogP contribution in [-0.4, -0.2) is 46.1 Å². The molecule has 8 heteroatoms. The van der Waals surface area contributed by atoms with Crippen LogP contribution in [0, 0.1) is 6.92 Å². The van der Waals surface area contributed by atoms with Crippen LogP contribution >= 0.6 is 34.8 Å². The molecule has 1 amide bonds. The lowest BCUT2D eigenvalue weighted by Crippen LogP contribution is -2.31. The van der Waals surface area contributed by atoms with Crippen molar-refractivity contribution in [3.63, 3.8) is 0 Å². The summed E-state index contributed by atoms with van der Waals surface area (Å²) in [6.45, 7) is 4.91. The number of amides is 1. The van der Waals surface area contributed by atoms with E-state index < -0.39 is 9.89 Å². The molecular weight excluding hydrogens is 397 g/mol. The van der Waals surface area contributed by atoms with Gasteiger partial charge in [-0.3, -0.25) is 0 Å². The Morgan fingerprint density at radius 3 is 2.85 bits per heavy atom. The van der Waals surface area contributed by atoms with E-state index in [1.54, 1.807) is 0 Å². The number of nitrogens with one attached hydrogen (secondary N) is 1. The van der Waals surface area contributed by atoms with E-state index in [9.17, 15) is 4.79 Å². The molecule has 0 aliphatic carbocycles. The van der Waals surface area contributed by atoms with Gasteiger partial charge in [-0.05, 0) is 31.7 Å². The number of hydrogen-bond acceptors (Lipinski definition) is 3.